The van der Waals surface area contributed by atoms with Crippen LogP contribution in [-0.2, 0) is 11.0 Å². The van der Waals surface area contributed by atoms with Gasteiger partial charge in [0.25, 0.3) is 0 Å². The lowest BCUT2D eigenvalue weighted by atomic mass is 10.1. The first-order valence-corrected chi connectivity index (χ1v) is 4.40. The van der Waals surface area contributed by atoms with Crippen LogP contribution >= 0.6 is 11.6 Å². The Balaban J connectivity index is 3.19. The molecule has 2 nitrogen and oxygen atoms in total. The van der Waals surface area contributed by atoms with Gasteiger partial charge in [0.15, 0.2) is 0 Å². The highest BCUT2D eigenvalue weighted by Crippen LogP contribution is 2.35. The van der Waals surface area contributed by atoms with Crippen LogP contribution in [0.5, 0.6) is 0 Å². The van der Waals surface area contributed by atoms with Gasteiger partial charge in [-0.15, -0.1) is 0 Å². The molecule has 0 aliphatic rings. The molecule has 16 heavy (non-hydrogen) atoms. The van der Waals surface area contributed by atoms with Gasteiger partial charge in [0.05, 0.1) is 16.2 Å². The summed E-state index contributed by atoms with van der Waals surface area (Å²) in [4.78, 5) is 10.5. The molecule has 6 heteroatoms. The second-order valence-corrected chi connectivity index (χ2v) is 3.38. The number of halogens is 4. The van der Waals surface area contributed by atoms with E-state index in [2.05, 4.69) is 6.58 Å². The van der Waals surface area contributed by atoms with Crippen LogP contribution in [0.4, 0.5) is 13.2 Å². The SMILES string of the molecule is C=C(C(=O)O)c1ccc(C(F)(F)F)c(Cl)c1. The van der Waals surface area contributed by atoms with Crippen molar-refractivity contribution in [1.29, 1.82) is 0 Å². The summed E-state index contributed by atoms with van der Waals surface area (Å²) in [7, 11) is 0. The molecule has 1 N–H and O–H groups in total. The molecule has 1 rings (SSSR count). The Bertz CT molecular complexity index is 452. The maximum atomic E-state index is 12.3. The van der Waals surface area contributed by atoms with Crippen LogP contribution in [0, 0.1) is 0 Å². The Morgan fingerprint density at radius 1 is 1.38 bits per heavy atom. The molecule has 0 atom stereocenters. The first kappa shape index (κ1) is 12.6. The summed E-state index contributed by atoms with van der Waals surface area (Å²) in [5.74, 6) is -1.31. The Morgan fingerprint density at radius 3 is 2.31 bits per heavy atom. The molecule has 0 bridgehead atoms. The molecule has 0 aliphatic carbocycles. The third-order valence-electron chi connectivity index (χ3n) is 1.88. The number of aliphatic carboxylic acids is 1. The van der Waals surface area contributed by atoms with E-state index in [1.54, 1.807) is 0 Å². The quantitative estimate of drug-likeness (QED) is 0.816. The summed E-state index contributed by atoms with van der Waals surface area (Å²) in [5.41, 5.74) is -1.27. The maximum Gasteiger partial charge on any atom is 0.417 e. The second kappa shape index (κ2) is 4.17. The molecule has 0 heterocycles. The predicted octanol–water partition coefficient (Wildman–Crippen LogP) is 3.46. The largest absolute Gasteiger partial charge is 0.478 e. The molecule has 0 aliphatic heterocycles. The number of hydrogen-bond donors (Lipinski definition) is 1. The highest BCUT2D eigenvalue weighted by atomic mass is 35.5. The minimum atomic E-state index is -4.56. The molecule has 1 aromatic carbocycles. The highest BCUT2D eigenvalue weighted by Gasteiger charge is 2.33. The molecule has 0 saturated heterocycles. The van der Waals surface area contributed by atoms with Gasteiger partial charge in [-0.1, -0.05) is 24.2 Å². The number of carboxylic acid groups (broad SMARTS) is 1. The topological polar surface area (TPSA) is 37.3 Å². The van der Waals surface area contributed by atoms with Gasteiger partial charge in [0.2, 0.25) is 0 Å². The molecule has 0 unspecified atom stereocenters. The van der Waals surface area contributed by atoms with Crippen molar-refractivity contribution in [3.05, 3.63) is 40.9 Å². The van der Waals surface area contributed by atoms with Crippen molar-refractivity contribution in [3.63, 3.8) is 0 Å². The molecular weight excluding hydrogens is 245 g/mol. The Labute approximate surface area is 94.0 Å². The molecule has 0 saturated carbocycles. The van der Waals surface area contributed by atoms with E-state index in [0.717, 1.165) is 18.2 Å². The molecular formula is C10H6ClF3O2. The fourth-order valence-electron chi connectivity index (χ4n) is 1.06. The van der Waals surface area contributed by atoms with Gasteiger partial charge < -0.3 is 5.11 Å². The average molecular weight is 251 g/mol. The summed E-state index contributed by atoms with van der Waals surface area (Å²) < 4.78 is 37.0. The Morgan fingerprint density at radius 2 is 1.94 bits per heavy atom. The van der Waals surface area contributed by atoms with E-state index in [-0.39, 0.29) is 11.1 Å². The predicted molar refractivity (Wildman–Crippen MR) is 53.1 cm³/mol. The van der Waals surface area contributed by atoms with Gasteiger partial charge in [-0.05, 0) is 17.7 Å². The van der Waals surface area contributed by atoms with Crippen molar-refractivity contribution in [2.45, 2.75) is 6.18 Å². The van der Waals surface area contributed by atoms with Crippen LogP contribution in [0.25, 0.3) is 5.57 Å². The molecule has 0 radical (unpaired) electrons. The Kier molecular flexibility index (Phi) is 3.28. The zero-order valence-electron chi connectivity index (χ0n) is 7.81. The maximum absolute atomic E-state index is 12.3. The third kappa shape index (κ3) is 2.55. The first-order valence-electron chi connectivity index (χ1n) is 4.03. The van der Waals surface area contributed by atoms with Crippen molar-refractivity contribution in [2.24, 2.45) is 0 Å². The van der Waals surface area contributed by atoms with Crippen LogP contribution in [0.2, 0.25) is 5.02 Å². The highest BCUT2D eigenvalue weighted by molar-refractivity contribution is 6.32. The zero-order chi connectivity index (χ0) is 12.5. The third-order valence-corrected chi connectivity index (χ3v) is 2.19. The zero-order valence-corrected chi connectivity index (χ0v) is 8.56. The van der Waals surface area contributed by atoms with E-state index in [9.17, 15) is 18.0 Å². The van der Waals surface area contributed by atoms with Crippen molar-refractivity contribution in [2.75, 3.05) is 0 Å². The van der Waals surface area contributed by atoms with E-state index < -0.39 is 22.7 Å². The molecule has 0 spiro atoms. The average Bonchev–Trinajstić information content (AvgIpc) is 2.14. The molecule has 1 aromatic rings. The summed E-state index contributed by atoms with van der Waals surface area (Å²) in [6.45, 7) is 3.22. The lowest BCUT2D eigenvalue weighted by Crippen LogP contribution is -2.06. The monoisotopic (exact) mass is 250 g/mol. The van der Waals surface area contributed by atoms with E-state index in [1.165, 1.54) is 0 Å². The second-order valence-electron chi connectivity index (χ2n) is 2.98. The normalized spacial score (nSPS) is 11.2. The lowest BCUT2D eigenvalue weighted by molar-refractivity contribution is -0.137. The van der Waals surface area contributed by atoms with Crippen LogP contribution in [0.15, 0.2) is 24.8 Å². The Hall–Kier alpha value is -1.49. The molecule has 86 valence electrons. The van der Waals surface area contributed by atoms with Crippen LogP contribution < -0.4 is 0 Å². The number of rotatable bonds is 2. The van der Waals surface area contributed by atoms with Crippen LogP contribution in [0.3, 0.4) is 0 Å². The minimum Gasteiger partial charge on any atom is -0.478 e. The van der Waals surface area contributed by atoms with E-state index in [1.807, 2.05) is 0 Å². The van der Waals surface area contributed by atoms with Crippen molar-refractivity contribution < 1.29 is 23.1 Å². The number of alkyl halides is 3. The van der Waals surface area contributed by atoms with Gasteiger partial charge in [-0.2, -0.15) is 13.2 Å². The number of carbonyl (C=O) groups is 1. The van der Waals surface area contributed by atoms with Gasteiger partial charge in [0.1, 0.15) is 0 Å². The van der Waals surface area contributed by atoms with E-state index in [4.69, 9.17) is 16.7 Å². The van der Waals surface area contributed by atoms with Crippen molar-refractivity contribution in [1.82, 2.24) is 0 Å². The molecule has 0 aromatic heterocycles. The fourth-order valence-corrected chi connectivity index (χ4v) is 1.34. The number of carboxylic acids is 1. The summed E-state index contributed by atoms with van der Waals surface area (Å²) in [6, 6.07) is 2.68. The van der Waals surface area contributed by atoms with Crippen LogP contribution in [0.1, 0.15) is 11.1 Å². The van der Waals surface area contributed by atoms with Gasteiger partial charge >= 0.3 is 12.1 Å². The van der Waals surface area contributed by atoms with Crippen molar-refractivity contribution in [3.8, 4) is 0 Å². The fraction of sp³-hybridized carbons (Fsp3) is 0.100. The summed E-state index contributed by atoms with van der Waals surface area (Å²) in [5, 5.41) is 8.04. The molecule has 0 amide bonds. The van der Waals surface area contributed by atoms with Crippen LogP contribution in [-0.4, -0.2) is 11.1 Å². The number of hydrogen-bond acceptors (Lipinski definition) is 1. The summed E-state index contributed by atoms with van der Waals surface area (Å²) in [6.07, 6.45) is -4.56. The van der Waals surface area contributed by atoms with Crippen molar-refractivity contribution >= 4 is 23.1 Å². The van der Waals surface area contributed by atoms with E-state index in [0.29, 0.717) is 0 Å². The smallest absolute Gasteiger partial charge is 0.417 e. The van der Waals surface area contributed by atoms with Gasteiger partial charge in [0, 0.05) is 0 Å². The van der Waals surface area contributed by atoms with E-state index >= 15 is 0 Å². The lowest BCUT2D eigenvalue weighted by Gasteiger charge is -2.10. The minimum absolute atomic E-state index is 0.0468. The van der Waals surface area contributed by atoms with Gasteiger partial charge in [-0.25, -0.2) is 4.79 Å². The van der Waals surface area contributed by atoms with Gasteiger partial charge in [-0.3, -0.25) is 0 Å². The standard InChI is InChI=1S/C10H6ClF3O2/c1-5(9(15)16)6-2-3-7(8(11)4-6)10(12,13)14/h2-4H,1H2,(H,15,16). The first-order chi connectivity index (χ1) is 7.23. The summed E-state index contributed by atoms with van der Waals surface area (Å²) >= 11 is 5.41. The molecule has 0 fully saturated rings. The number of benzene rings is 1.